The lowest BCUT2D eigenvalue weighted by Crippen LogP contribution is -2.10. The van der Waals surface area contributed by atoms with E-state index < -0.39 is 0 Å². The average molecular weight is 339 g/mol. The molecule has 7 nitrogen and oxygen atoms in total. The molecule has 0 bridgehead atoms. The molecule has 0 saturated carbocycles. The molecule has 0 aliphatic rings. The highest BCUT2D eigenvalue weighted by Crippen LogP contribution is 2.23. The van der Waals surface area contributed by atoms with Crippen molar-refractivity contribution in [2.45, 2.75) is 46.2 Å². The SMILES string of the molecule is CCCCNc1nc(NCc2cccnc2)c2ncn(C(C)C)c2n1. The van der Waals surface area contributed by atoms with Crippen molar-refractivity contribution in [2.24, 2.45) is 0 Å². The summed E-state index contributed by atoms with van der Waals surface area (Å²) in [5.41, 5.74) is 2.73. The van der Waals surface area contributed by atoms with Gasteiger partial charge in [-0.05, 0) is 31.9 Å². The van der Waals surface area contributed by atoms with Crippen LogP contribution in [0.15, 0.2) is 30.9 Å². The molecular formula is C18H25N7. The summed E-state index contributed by atoms with van der Waals surface area (Å²) in [5.74, 6) is 1.38. The van der Waals surface area contributed by atoms with Gasteiger partial charge in [0.05, 0.1) is 6.33 Å². The second kappa shape index (κ2) is 7.92. The van der Waals surface area contributed by atoms with Crippen LogP contribution >= 0.6 is 0 Å². The molecule has 3 heterocycles. The Bertz CT molecular complexity index is 811. The van der Waals surface area contributed by atoms with Gasteiger partial charge in [-0.25, -0.2) is 4.98 Å². The van der Waals surface area contributed by atoms with Gasteiger partial charge in [-0.3, -0.25) is 4.98 Å². The molecule has 2 N–H and O–H groups in total. The number of imidazole rings is 1. The molecule has 0 radical (unpaired) electrons. The first-order chi connectivity index (χ1) is 12.2. The van der Waals surface area contributed by atoms with Crippen molar-refractivity contribution in [2.75, 3.05) is 17.2 Å². The van der Waals surface area contributed by atoms with Crippen molar-refractivity contribution < 1.29 is 0 Å². The highest BCUT2D eigenvalue weighted by atomic mass is 15.2. The molecule has 0 amide bonds. The van der Waals surface area contributed by atoms with Crippen molar-refractivity contribution in [1.29, 1.82) is 0 Å². The zero-order valence-electron chi connectivity index (χ0n) is 15.0. The van der Waals surface area contributed by atoms with Gasteiger partial charge in [0, 0.05) is 31.5 Å². The maximum absolute atomic E-state index is 4.67. The van der Waals surface area contributed by atoms with E-state index in [-0.39, 0.29) is 6.04 Å². The minimum Gasteiger partial charge on any atom is -0.364 e. The number of unbranched alkanes of at least 4 members (excludes halogenated alkanes) is 1. The standard InChI is InChI=1S/C18H25N7/c1-4-5-9-20-18-23-16(21-11-14-7-6-8-19-10-14)15-17(24-18)25(12-22-15)13(2)3/h6-8,10,12-13H,4-5,9,11H2,1-3H3,(H2,20,21,23,24). The summed E-state index contributed by atoms with van der Waals surface area (Å²) in [6.45, 7) is 7.91. The first kappa shape index (κ1) is 17.1. The summed E-state index contributed by atoms with van der Waals surface area (Å²) in [4.78, 5) is 18.0. The zero-order chi connectivity index (χ0) is 17.6. The second-order valence-electron chi connectivity index (χ2n) is 6.31. The lowest BCUT2D eigenvalue weighted by molar-refractivity contribution is 0.613. The molecule has 7 heteroatoms. The molecule has 0 unspecified atom stereocenters. The lowest BCUT2D eigenvalue weighted by Gasteiger charge is -2.12. The van der Waals surface area contributed by atoms with Crippen molar-refractivity contribution >= 4 is 22.9 Å². The van der Waals surface area contributed by atoms with Crippen LogP contribution < -0.4 is 10.6 Å². The molecule has 3 aromatic rings. The molecule has 0 aliphatic heterocycles. The Morgan fingerprint density at radius 1 is 1.20 bits per heavy atom. The Balaban J connectivity index is 1.91. The maximum Gasteiger partial charge on any atom is 0.226 e. The van der Waals surface area contributed by atoms with Gasteiger partial charge in [-0.15, -0.1) is 0 Å². The van der Waals surface area contributed by atoms with Crippen LogP contribution in [0.3, 0.4) is 0 Å². The zero-order valence-corrected chi connectivity index (χ0v) is 15.0. The molecule has 132 valence electrons. The van der Waals surface area contributed by atoms with Crippen LogP contribution in [0.5, 0.6) is 0 Å². The van der Waals surface area contributed by atoms with Crippen LogP contribution in [-0.2, 0) is 6.54 Å². The van der Waals surface area contributed by atoms with Gasteiger partial charge in [0.15, 0.2) is 17.0 Å². The summed E-state index contributed by atoms with van der Waals surface area (Å²) in [6.07, 6.45) is 7.66. The maximum atomic E-state index is 4.67. The van der Waals surface area contributed by atoms with E-state index in [1.807, 2.05) is 24.7 Å². The Morgan fingerprint density at radius 2 is 2.08 bits per heavy atom. The molecule has 0 aliphatic carbocycles. The monoisotopic (exact) mass is 339 g/mol. The van der Waals surface area contributed by atoms with E-state index in [0.29, 0.717) is 12.5 Å². The number of anilines is 2. The smallest absolute Gasteiger partial charge is 0.226 e. The van der Waals surface area contributed by atoms with E-state index in [4.69, 9.17) is 0 Å². The Morgan fingerprint density at radius 3 is 2.80 bits per heavy atom. The predicted molar refractivity (Wildman–Crippen MR) is 101 cm³/mol. The summed E-state index contributed by atoms with van der Waals surface area (Å²) in [7, 11) is 0. The number of fused-ring (bicyclic) bond motifs is 1. The summed E-state index contributed by atoms with van der Waals surface area (Å²) < 4.78 is 2.07. The van der Waals surface area contributed by atoms with Crippen molar-refractivity contribution in [3.05, 3.63) is 36.4 Å². The van der Waals surface area contributed by atoms with Crippen LogP contribution in [0.1, 0.15) is 45.2 Å². The molecule has 0 atom stereocenters. The Labute approximate surface area is 147 Å². The number of hydrogen-bond donors (Lipinski definition) is 2. The van der Waals surface area contributed by atoms with Gasteiger partial charge >= 0.3 is 0 Å². The van der Waals surface area contributed by atoms with Crippen LogP contribution in [0.4, 0.5) is 11.8 Å². The molecule has 0 aromatic carbocycles. The normalized spacial score (nSPS) is 11.2. The van der Waals surface area contributed by atoms with Crippen molar-refractivity contribution in [1.82, 2.24) is 24.5 Å². The van der Waals surface area contributed by atoms with Crippen LogP contribution in [0.2, 0.25) is 0 Å². The molecule has 0 saturated heterocycles. The molecule has 3 rings (SSSR count). The average Bonchev–Trinajstić information content (AvgIpc) is 3.05. The van der Waals surface area contributed by atoms with Crippen molar-refractivity contribution in [3.8, 4) is 0 Å². The quantitative estimate of drug-likeness (QED) is 0.610. The largest absolute Gasteiger partial charge is 0.364 e. The van der Waals surface area contributed by atoms with Gasteiger partial charge in [0.1, 0.15) is 0 Å². The number of nitrogens with one attached hydrogen (secondary N) is 2. The minimum atomic E-state index is 0.287. The highest BCUT2D eigenvalue weighted by molar-refractivity contribution is 5.84. The molecule has 0 spiro atoms. The van der Waals surface area contributed by atoms with Gasteiger partial charge in [0.2, 0.25) is 5.95 Å². The van der Waals surface area contributed by atoms with E-state index in [1.165, 1.54) is 0 Å². The van der Waals surface area contributed by atoms with E-state index in [2.05, 4.69) is 55.9 Å². The second-order valence-corrected chi connectivity index (χ2v) is 6.31. The summed E-state index contributed by atoms with van der Waals surface area (Å²) in [6, 6.07) is 4.25. The molecule has 25 heavy (non-hydrogen) atoms. The number of aromatic nitrogens is 5. The lowest BCUT2D eigenvalue weighted by atomic mass is 10.3. The van der Waals surface area contributed by atoms with Crippen LogP contribution in [0.25, 0.3) is 11.2 Å². The third-order valence-electron chi connectivity index (χ3n) is 3.97. The Kier molecular flexibility index (Phi) is 5.42. The number of nitrogens with zero attached hydrogens (tertiary/aromatic N) is 5. The molecule has 0 fully saturated rings. The van der Waals surface area contributed by atoms with Crippen LogP contribution in [0, 0.1) is 0 Å². The van der Waals surface area contributed by atoms with E-state index in [0.717, 1.165) is 41.9 Å². The van der Waals surface area contributed by atoms with Gasteiger partial charge < -0.3 is 15.2 Å². The van der Waals surface area contributed by atoms with E-state index in [1.54, 1.807) is 6.20 Å². The topological polar surface area (TPSA) is 80.5 Å². The molecule has 3 aromatic heterocycles. The fraction of sp³-hybridized carbons (Fsp3) is 0.444. The highest BCUT2D eigenvalue weighted by Gasteiger charge is 2.14. The Hall–Kier alpha value is -2.70. The third kappa shape index (κ3) is 4.04. The van der Waals surface area contributed by atoms with Crippen molar-refractivity contribution in [3.63, 3.8) is 0 Å². The first-order valence-corrected chi connectivity index (χ1v) is 8.80. The van der Waals surface area contributed by atoms with Crippen LogP contribution in [-0.4, -0.2) is 31.0 Å². The first-order valence-electron chi connectivity index (χ1n) is 8.80. The van der Waals surface area contributed by atoms with Gasteiger partial charge in [-0.1, -0.05) is 19.4 Å². The van der Waals surface area contributed by atoms with Gasteiger partial charge in [0.25, 0.3) is 0 Å². The third-order valence-corrected chi connectivity index (χ3v) is 3.97. The van der Waals surface area contributed by atoms with E-state index >= 15 is 0 Å². The minimum absolute atomic E-state index is 0.287. The van der Waals surface area contributed by atoms with E-state index in [9.17, 15) is 0 Å². The summed E-state index contributed by atoms with van der Waals surface area (Å²) >= 11 is 0. The van der Waals surface area contributed by atoms with Gasteiger partial charge in [-0.2, -0.15) is 9.97 Å². The molecular weight excluding hydrogens is 314 g/mol. The predicted octanol–water partition coefficient (Wildman–Crippen LogP) is 3.63. The number of pyridine rings is 1. The fourth-order valence-electron chi connectivity index (χ4n) is 2.56. The number of hydrogen-bond acceptors (Lipinski definition) is 6. The number of rotatable bonds is 8. The fourth-order valence-corrected chi connectivity index (χ4v) is 2.56. The summed E-state index contributed by atoms with van der Waals surface area (Å²) in [5, 5.41) is 6.70.